The van der Waals surface area contributed by atoms with Gasteiger partial charge >= 0.3 is 6.18 Å². The largest absolute Gasteiger partial charge is 0.494 e. The Labute approximate surface area is 204 Å². The SMILES string of the molecule is CCOc1cccc(C(=O)N2CCC(c3ccc(NC(=O)c4scnc4C(F)(F)F)cc3)CC2)c1. The smallest absolute Gasteiger partial charge is 0.434 e. The number of anilines is 1. The molecule has 2 aromatic carbocycles. The number of carbonyl (C=O) groups excluding carboxylic acids is 2. The third-order valence-corrected chi connectivity index (χ3v) is 6.68. The van der Waals surface area contributed by atoms with Crippen LogP contribution >= 0.6 is 11.3 Å². The first kappa shape index (κ1) is 24.7. The lowest BCUT2D eigenvalue weighted by Crippen LogP contribution is -2.37. The van der Waals surface area contributed by atoms with Crippen molar-refractivity contribution in [2.75, 3.05) is 25.0 Å². The summed E-state index contributed by atoms with van der Waals surface area (Å²) in [5, 5.41) is 2.51. The van der Waals surface area contributed by atoms with E-state index in [1.54, 1.807) is 24.3 Å². The summed E-state index contributed by atoms with van der Waals surface area (Å²) in [5.74, 6) is 0.0550. The first-order valence-corrected chi connectivity index (χ1v) is 12.1. The fourth-order valence-corrected chi connectivity index (χ4v) is 4.82. The highest BCUT2D eigenvalue weighted by Crippen LogP contribution is 2.33. The van der Waals surface area contributed by atoms with Gasteiger partial charge in [-0.1, -0.05) is 18.2 Å². The fourth-order valence-electron chi connectivity index (χ4n) is 4.12. The molecular weight excluding hydrogens is 479 g/mol. The maximum atomic E-state index is 13.0. The maximum Gasteiger partial charge on any atom is 0.434 e. The van der Waals surface area contributed by atoms with E-state index in [0.29, 0.717) is 48.0 Å². The first-order chi connectivity index (χ1) is 16.8. The third-order valence-electron chi connectivity index (χ3n) is 5.86. The zero-order chi connectivity index (χ0) is 25.0. The van der Waals surface area contributed by atoms with Crippen molar-refractivity contribution >= 4 is 28.8 Å². The van der Waals surface area contributed by atoms with Crippen LogP contribution in [0.2, 0.25) is 0 Å². The number of carbonyl (C=O) groups is 2. The monoisotopic (exact) mass is 503 g/mol. The molecule has 2 heterocycles. The minimum absolute atomic E-state index is 0.0237. The van der Waals surface area contributed by atoms with E-state index in [4.69, 9.17) is 4.74 Å². The van der Waals surface area contributed by atoms with Crippen LogP contribution in [0.1, 0.15) is 57.0 Å². The van der Waals surface area contributed by atoms with Gasteiger partial charge in [-0.25, -0.2) is 4.98 Å². The van der Waals surface area contributed by atoms with Crippen LogP contribution in [0.3, 0.4) is 0 Å². The lowest BCUT2D eigenvalue weighted by atomic mass is 9.89. The van der Waals surface area contributed by atoms with Crippen molar-refractivity contribution in [2.24, 2.45) is 0 Å². The van der Waals surface area contributed by atoms with Crippen LogP contribution in [0, 0.1) is 0 Å². The molecule has 1 N–H and O–H groups in total. The molecule has 0 aliphatic carbocycles. The summed E-state index contributed by atoms with van der Waals surface area (Å²) in [6.07, 6.45) is -3.10. The molecule has 3 aromatic rings. The summed E-state index contributed by atoms with van der Waals surface area (Å²) in [6, 6.07) is 14.3. The molecule has 1 aliphatic rings. The Morgan fingerprint density at radius 3 is 2.51 bits per heavy atom. The van der Waals surface area contributed by atoms with Gasteiger partial charge in [-0.3, -0.25) is 9.59 Å². The minimum Gasteiger partial charge on any atom is -0.494 e. The van der Waals surface area contributed by atoms with Gasteiger partial charge in [-0.2, -0.15) is 13.2 Å². The Bertz CT molecular complexity index is 1190. The van der Waals surface area contributed by atoms with Crippen molar-refractivity contribution in [3.05, 3.63) is 75.7 Å². The predicted octanol–water partition coefficient (Wildman–Crippen LogP) is 5.83. The number of nitrogens with zero attached hydrogens (tertiary/aromatic N) is 2. The Morgan fingerprint density at radius 1 is 1.14 bits per heavy atom. The lowest BCUT2D eigenvalue weighted by molar-refractivity contribution is -0.141. The molecule has 1 aliphatic heterocycles. The van der Waals surface area contributed by atoms with E-state index in [1.165, 1.54) is 0 Å². The number of rotatable bonds is 6. The number of ether oxygens (including phenoxy) is 1. The molecule has 0 spiro atoms. The van der Waals surface area contributed by atoms with Crippen LogP contribution in [0.5, 0.6) is 5.75 Å². The molecule has 0 radical (unpaired) electrons. The summed E-state index contributed by atoms with van der Waals surface area (Å²) in [5.41, 5.74) is 1.89. The van der Waals surface area contributed by atoms with Crippen molar-refractivity contribution in [2.45, 2.75) is 31.9 Å². The molecular formula is C25H24F3N3O3S. The van der Waals surface area contributed by atoms with Crippen molar-refractivity contribution in [1.82, 2.24) is 9.88 Å². The molecule has 35 heavy (non-hydrogen) atoms. The van der Waals surface area contributed by atoms with E-state index in [2.05, 4.69) is 10.3 Å². The van der Waals surface area contributed by atoms with E-state index in [0.717, 1.165) is 23.9 Å². The molecule has 0 unspecified atom stereocenters. The van der Waals surface area contributed by atoms with Gasteiger partial charge < -0.3 is 15.0 Å². The lowest BCUT2D eigenvalue weighted by Gasteiger charge is -2.32. The Hall–Kier alpha value is -3.40. The van der Waals surface area contributed by atoms with Crippen LogP contribution in [-0.2, 0) is 6.18 Å². The summed E-state index contributed by atoms with van der Waals surface area (Å²) in [6.45, 7) is 3.66. The number of halogens is 3. The number of nitrogens with one attached hydrogen (secondary N) is 1. The van der Waals surface area contributed by atoms with Crippen molar-refractivity contribution in [3.63, 3.8) is 0 Å². The van der Waals surface area contributed by atoms with E-state index in [9.17, 15) is 22.8 Å². The molecule has 184 valence electrons. The normalized spacial score (nSPS) is 14.6. The number of likely N-dealkylation sites (tertiary alicyclic amines) is 1. The Morgan fingerprint density at radius 2 is 1.86 bits per heavy atom. The van der Waals surface area contributed by atoms with Gasteiger partial charge in [-0.05, 0) is 61.6 Å². The van der Waals surface area contributed by atoms with Crippen molar-refractivity contribution in [1.29, 1.82) is 0 Å². The molecule has 0 atom stereocenters. The second-order valence-corrected chi connectivity index (χ2v) is 8.99. The second-order valence-electron chi connectivity index (χ2n) is 8.13. The molecule has 4 rings (SSSR count). The number of piperidine rings is 1. The summed E-state index contributed by atoms with van der Waals surface area (Å²) < 4.78 is 44.5. The number of amides is 2. The maximum absolute atomic E-state index is 13.0. The average molecular weight is 504 g/mol. The van der Waals surface area contributed by atoms with Crippen molar-refractivity contribution in [3.8, 4) is 5.75 Å². The van der Waals surface area contributed by atoms with E-state index in [1.807, 2.05) is 36.1 Å². The summed E-state index contributed by atoms with van der Waals surface area (Å²) in [7, 11) is 0. The first-order valence-electron chi connectivity index (χ1n) is 11.2. The van der Waals surface area contributed by atoms with Gasteiger partial charge in [0.25, 0.3) is 11.8 Å². The van der Waals surface area contributed by atoms with Crippen molar-refractivity contribution < 1.29 is 27.5 Å². The Balaban J connectivity index is 1.34. The van der Waals surface area contributed by atoms with Gasteiger partial charge in [0, 0.05) is 24.3 Å². The zero-order valence-corrected chi connectivity index (χ0v) is 19.8. The molecule has 1 saturated heterocycles. The topological polar surface area (TPSA) is 71.5 Å². The molecule has 6 nitrogen and oxygen atoms in total. The van der Waals surface area contributed by atoms with Crippen LogP contribution in [-0.4, -0.2) is 41.4 Å². The number of alkyl halides is 3. The highest BCUT2D eigenvalue weighted by molar-refractivity contribution is 7.12. The zero-order valence-electron chi connectivity index (χ0n) is 19.0. The third kappa shape index (κ3) is 5.82. The number of hydrogen-bond acceptors (Lipinski definition) is 5. The van der Waals surface area contributed by atoms with Crippen LogP contribution in [0.15, 0.2) is 54.0 Å². The number of benzene rings is 2. The minimum atomic E-state index is -4.68. The number of aromatic nitrogens is 1. The van der Waals surface area contributed by atoms with Gasteiger partial charge in [0.15, 0.2) is 5.69 Å². The van der Waals surface area contributed by atoms with E-state index < -0.39 is 22.7 Å². The molecule has 2 amide bonds. The van der Waals surface area contributed by atoms with Crippen LogP contribution < -0.4 is 10.1 Å². The molecule has 1 aromatic heterocycles. The van der Waals surface area contributed by atoms with Gasteiger partial charge in [0.05, 0.1) is 12.1 Å². The highest BCUT2D eigenvalue weighted by Gasteiger charge is 2.38. The molecule has 0 saturated carbocycles. The highest BCUT2D eigenvalue weighted by atomic mass is 32.1. The van der Waals surface area contributed by atoms with Gasteiger partial charge in [0.1, 0.15) is 10.6 Å². The van der Waals surface area contributed by atoms with E-state index in [-0.39, 0.29) is 11.8 Å². The van der Waals surface area contributed by atoms with E-state index >= 15 is 0 Å². The van der Waals surface area contributed by atoms with Gasteiger partial charge in [-0.15, -0.1) is 11.3 Å². The van der Waals surface area contributed by atoms with Crippen LogP contribution in [0.4, 0.5) is 18.9 Å². The molecule has 1 fully saturated rings. The summed E-state index contributed by atoms with van der Waals surface area (Å²) >= 11 is 0.651. The molecule has 10 heteroatoms. The molecule has 0 bridgehead atoms. The second kappa shape index (κ2) is 10.5. The number of hydrogen-bond donors (Lipinski definition) is 1. The fraction of sp³-hybridized carbons (Fsp3) is 0.320. The quantitative estimate of drug-likeness (QED) is 0.459. The Kier molecular flexibility index (Phi) is 7.39. The standard InChI is InChI=1S/C25H24F3N3O3S/c1-2-34-20-5-3-4-18(14-20)24(33)31-12-10-17(11-13-31)16-6-8-19(9-7-16)30-23(32)21-22(25(26,27)28)29-15-35-21/h3-9,14-15,17H,2,10-13H2,1H3,(H,30,32). The number of thiazole rings is 1. The van der Waals surface area contributed by atoms with Crippen LogP contribution in [0.25, 0.3) is 0 Å². The average Bonchev–Trinajstić information content (AvgIpc) is 3.36. The summed E-state index contributed by atoms with van der Waals surface area (Å²) in [4.78, 5) is 29.8. The predicted molar refractivity (Wildman–Crippen MR) is 127 cm³/mol. The van der Waals surface area contributed by atoms with Gasteiger partial charge in [0.2, 0.25) is 0 Å².